The van der Waals surface area contributed by atoms with Gasteiger partial charge < -0.3 is 10.0 Å². The summed E-state index contributed by atoms with van der Waals surface area (Å²) >= 11 is 0. The number of fused-ring (bicyclic) bond motifs is 2. The second-order valence-corrected chi connectivity index (χ2v) is 9.75. The monoisotopic (exact) mass is 392 g/mol. The lowest BCUT2D eigenvalue weighted by Crippen LogP contribution is -2.46. The third-order valence-electron chi connectivity index (χ3n) is 6.19. The molecule has 8 heteroatoms. The molecule has 1 aromatic carbocycles. The summed E-state index contributed by atoms with van der Waals surface area (Å²) in [6.07, 6.45) is 6.20. The number of carbonyl (C=O) groups excluding carboxylic acids is 1. The molecule has 3 aliphatic rings. The third kappa shape index (κ3) is 3.09. The number of sulfonamides is 1. The number of hydrogen-bond donors (Lipinski definition) is 1. The van der Waals surface area contributed by atoms with Crippen molar-refractivity contribution < 1.29 is 23.1 Å². The Morgan fingerprint density at radius 1 is 1.19 bits per heavy atom. The first-order valence-electron chi connectivity index (χ1n) is 9.43. The largest absolute Gasteiger partial charge is 0.480 e. The molecule has 0 unspecified atom stereocenters. The number of benzene rings is 1. The first kappa shape index (κ1) is 18.3. The summed E-state index contributed by atoms with van der Waals surface area (Å²) < 4.78 is 25.1. The van der Waals surface area contributed by atoms with E-state index < -0.39 is 22.0 Å². The minimum atomic E-state index is -3.34. The molecule has 0 spiro atoms. The van der Waals surface area contributed by atoms with Gasteiger partial charge in [0.1, 0.15) is 6.04 Å². The van der Waals surface area contributed by atoms with E-state index in [1.807, 2.05) is 0 Å². The SMILES string of the molecule is CS(=O)(=O)N1CCc2cc(C(=O)N3[C@H](C(=O)O)C[C@H]4CCCC[C@@H]43)ccc21. The lowest BCUT2D eigenvalue weighted by atomic mass is 9.84. The van der Waals surface area contributed by atoms with E-state index in [9.17, 15) is 23.1 Å². The second-order valence-electron chi connectivity index (χ2n) is 7.84. The van der Waals surface area contributed by atoms with E-state index in [0.717, 1.165) is 31.2 Å². The molecule has 7 nitrogen and oxygen atoms in total. The average Bonchev–Trinajstić information content (AvgIpc) is 3.21. The molecule has 3 atom stereocenters. The number of hydrogen-bond acceptors (Lipinski definition) is 4. The summed E-state index contributed by atoms with van der Waals surface area (Å²) in [5, 5.41) is 9.64. The van der Waals surface area contributed by atoms with Crippen LogP contribution in [0.3, 0.4) is 0 Å². The molecular formula is C19H24N2O5S. The van der Waals surface area contributed by atoms with Gasteiger partial charge in [0.2, 0.25) is 10.0 Å². The van der Waals surface area contributed by atoms with Gasteiger partial charge in [0, 0.05) is 18.2 Å². The van der Waals surface area contributed by atoms with E-state index in [4.69, 9.17) is 0 Å². The zero-order valence-corrected chi connectivity index (χ0v) is 16.1. The normalized spacial score (nSPS) is 27.4. The van der Waals surface area contributed by atoms with Crippen molar-refractivity contribution in [1.82, 2.24) is 4.90 Å². The Hall–Kier alpha value is -2.09. The highest BCUT2D eigenvalue weighted by Gasteiger charge is 2.47. The summed E-state index contributed by atoms with van der Waals surface area (Å²) in [6, 6.07) is 4.25. The molecule has 0 radical (unpaired) electrons. The van der Waals surface area contributed by atoms with Gasteiger partial charge in [0.25, 0.3) is 5.91 Å². The first-order chi connectivity index (χ1) is 12.8. The number of anilines is 1. The molecule has 1 aliphatic carbocycles. The van der Waals surface area contributed by atoms with Crippen LogP contribution in [0.15, 0.2) is 18.2 Å². The zero-order valence-electron chi connectivity index (χ0n) is 15.3. The number of carbonyl (C=O) groups is 2. The van der Waals surface area contributed by atoms with Crippen molar-refractivity contribution in [2.75, 3.05) is 17.1 Å². The summed E-state index contributed by atoms with van der Waals surface area (Å²) in [7, 11) is -3.34. The summed E-state index contributed by atoms with van der Waals surface area (Å²) in [5.41, 5.74) is 1.87. The van der Waals surface area contributed by atoms with E-state index >= 15 is 0 Å². The van der Waals surface area contributed by atoms with Crippen LogP contribution in [0.2, 0.25) is 0 Å². The molecule has 27 heavy (non-hydrogen) atoms. The standard InChI is InChI=1S/C19H24N2O5S/c1-27(25,26)20-9-8-13-10-14(6-7-15(13)20)18(22)21-16-5-3-2-4-12(16)11-17(21)19(23)24/h6-7,10,12,16-17H,2-5,8-9,11H2,1H3,(H,23,24)/t12-,16+,17+/m1/s1. The molecule has 1 saturated carbocycles. The Morgan fingerprint density at radius 2 is 1.93 bits per heavy atom. The van der Waals surface area contributed by atoms with Crippen molar-refractivity contribution in [2.24, 2.45) is 5.92 Å². The maximum Gasteiger partial charge on any atom is 0.326 e. The molecule has 4 rings (SSSR count). The number of nitrogens with zero attached hydrogens (tertiary/aromatic N) is 2. The van der Waals surface area contributed by atoms with Crippen LogP contribution in [0.4, 0.5) is 5.69 Å². The second kappa shape index (κ2) is 6.51. The van der Waals surface area contributed by atoms with Gasteiger partial charge in [-0.3, -0.25) is 9.10 Å². The third-order valence-corrected chi connectivity index (χ3v) is 7.37. The summed E-state index contributed by atoms with van der Waals surface area (Å²) in [5.74, 6) is -0.932. The minimum Gasteiger partial charge on any atom is -0.480 e. The first-order valence-corrected chi connectivity index (χ1v) is 11.3. The Morgan fingerprint density at radius 3 is 2.63 bits per heavy atom. The van der Waals surface area contributed by atoms with Gasteiger partial charge in [-0.15, -0.1) is 0 Å². The fraction of sp³-hybridized carbons (Fsp3) is 0.579. The van der Waals surface area contributed by atoms with Crippen LogP contribution in [-0.2, 0) is 21.2 Å². The van der Waals surface area contributed by atoms with E-state index in [1.54, 1.807) is 23.1 Å². The van der Waals surface area contributed by atoms with Crippen molar-refractivity contribution in [3.63, 3.8) is 0 Å². The van der Waals surface area contributed by atoms with Crippen LogP contribution < -0.4 is 4.31 Å². The number of amides is 1. The molecule has 0 aromatic heterocycles. The van der Waals surface area contributed by atoms with E-state index in [1.165, 1.54) is 10.6 Å². The number of carboxylic acid groups (broad SMARTS) is 1. The molecular weight excluding hydrogens is 368 g/mol. The van der Waals surface area contributed by atoms with Crippen LogP contribution in [0.5, 0.6) is 0 Å². The van der Waals surface area contributed by atoms with Crippen LogP contribution in [0.25, 0.3) is 0 Å². The lowest BCUT2D eigenvalue weighted by molar-refractivity contribution is -0.141. The Balaban J connectivity index is 1.65. The number of rotatable bonds is 3. The summed E-state index contributed by atoms with van der Waals surface area (Å²) in [4.78, 5) is 26.6. The fourth-order valence-corrected chi connectivity index (χ4v) is 5.93. The van der Waals surface area contributed by atoms with Gasteiger partial charge >= 0.3 is 5.97 Å². The van der Waals surface area contributed by atoms with Crippen molar-refractivity contribution >= 4 is 27.6 Å². The Labute approximate surface area is 159 Å². The van der Waals surface area contributed by atoms with Gasteiger partial charge in [-0.05, 0) is 55.4 Å². The number of carboxylic acids is 1. The van der Waals surface area contributed by atoms with Crippen LogP contribution in [-0.4, -0.2) is 55.2 Å². The van der Waals surface area contributed by atoms with Gasteiger partial charge in [-0.2, -0.15) is 0 Å². The maximum absolute atomic E-state index is 13.2. The van der Waals surface area contributed by atoms with E-state index in [0.29, 0.717) is 30.6 Å². The summed E-state index contributed by atoms with van der Waals surface area (Å²) in [6.45, 7) is 0.373. The van der Waals surface area contributed by atoms with Crippen LogP contribution in [0.1, 0.15) is 48.0 Å². The van der Waals surface area contributed by atoms with Crippen LogP contribution in [0, 0.1) is 5.92 Å². The van der Waals surface area contributed by atoms with Gasteiger partial charge in [0.05, 0.1) is 11.9 Å². The lowest BCUT2D eigenvalue weighted by Gasteiger charge is -2.33. The predicted molar refractivity (Wildman–Crippen MR) is 100 cm³/mol. The maximum atomic E-state index is 13.2. The number of aliphatic carboxylic acids is 1. The van der Waals surface area contributed by atoms with Crippen molar-refractivity contribution in [1.29, 1.82) is 0 Å². The average molecular weight is 392 g/mol. The van der Waals surface area contributed by atoms with Gasteiger partial charge in [-0.25, -0.2) is 13.2 Å². The van der Waals surface area contributed by atoms with Crippen LogP contribution >= 0.6 is 0 Å². The van der Waals surface area contributed by atoms with Gasteiger partial charge in [0.15, 0.2) is 0 Å². The topological polar surface area (TPSA) is 95.0 Å². The molecule has 1 amide bonds. The Kier molecular flexibility index (Phi) is 4.41. The molecule has 0 bridgehead atoms. The molecule has 146 valence electrons. The minimum absolute atomic E-state index is 0.00637. The fourth-order valence-electron chi connectivity index (χ4n) is 4.97. The quantitative estimate of drug-likeness (QED) is 0.847. The molecule has 2 aliphatic heterocycles. The number of likely N-dealkylation sites (tertiary alicyclic amines) is 1. The van der Waals surface area contributed by atoms with E-state index in [-0.39, 0.29) is 17.9 Å². The molecule has 1 saturated heterocycles. The molecule has 2 heterocycles. The van der Waals surface area contributed by atoms with Crippen molar-refractivity contribution in [2.45, 2.75) is 50.6 Å². The van der Waals surface area contributed by atoms with Gasteiger partial charge in [-0.1, -0.05) is 12.8 Å². The molecule has 1 N–H and O–H groups in total. The predicted octanol–water partition coefficient (Wildman–Crippen LogP) is 1.87. The molecule has 1 aromatic rings. The molecule has 2 fully saturated rings. The van der Waals surface area contributed by atoms with E-state index in [2.05, 4.69) is 0 Å². The highest BCUT2D eigenvalue weighted by atomic mass is 32.2. The highest BCUT2D eigenvalue weighted by Crippen LogP contribution is 2.41. The highest BCUT2D eigenvalue weighted by molar-refractivity contribution is 7.92. The van der Waals surface area contributed by atoms with Crippen molar-refractivity contribution in [3.8, 4) is 0 Å². The Bertz CT molecular complexity index is 897. The van der Waals surface area contributed by atoms with Crippen molar-refractivity contribution in [3.05, 3.63) is 29.3 Å². The zero-order chi connectivity index (χ0) is 19.3. The smallest absolute Gasteiger partial charge is 0.326 e.